The van der Waals surface area contributed by atoms with Crippen molar-refractivity contribution in [2.45, 2.75) is 45.2 Å². The van der Waals surface area contributed by atoms with E-state index >= 15 is 0 Å². The van der Waals surface area contributed by atoms with Crippen molar-refractivity contribution >= 4 is 33.2 Å². The van der Waals surface area contributed by atoms with Crippen LogP contribution in [-0.2, 0) is 11.3 Å². The van der Waals surface area contributed by atoms with E-state index in [2.05, 4.69) is 45.2 Å². The Kier molecular flexibility index (Phi) is 6.05. The fraction of sp³-hybridized carbons (Fsp3) is 0.667. The summed E-state index contributed by atoms with van der Waals surface area (Å²) in [6.45, 7) is 3.54. The molecule has 0 radical (unpaired) electrons. The van der Waals surface area contributed by atoms with Crippen LogP contribution in [0.5, 0.6) is 0 Å². The van der Waals surface area contributed by atoms with Crippen molar-refractivity contribution in [1.29, 1.82) is 0 Å². The zero-order chi connectivity index (χ0) is 14.5. The zero-order valence-corrected chi connectivity index (χ0v) is 14.6. The Labute approximate surface area is 133 Å². The Balaban J connectivity index is 1.75. The maximum Gasteiger partial charge on any atom is 0.234 e. The molecule has 1 amide bonds. The van der Waals surface area contributed by atoms with E-state index in [0.717, 1.165) is 16.8 Å². The van der Waals surface area contributed by atoms with Gasteiger partial charge < -0.3 is 5.32 Å². The van der Waals surface area contributed by atoms with Crippen LogP contribution in [-0.4, -0.2) is 30.4 Å². The summed E-state index contributed by atoms with van der Waals surface area (Å²) >= 11 is 5.19. The highest BCUT2D eigenvalue weighted by Crippen LogP contribution is 2.24. The second kappa shape index (κ2) is 7.57. The fourth-order valence-corrected chi connectivity index (χ4v) is 4.35. The number of nitrogens with zero attached hydrogens (tertiary/aromatic N) is 1. The summed E-state index contributed by atoms with van der Waals surface area (Å²) < 4.78 is 1.14. The van der Waals surface area contributed by atoms with Crippen LogP contribution in [0.3, 0.4) is 0 Å². The van der Waals surface area contributed by atoms with Crippen molar-refractivity contribution in [3.63, 3.8) is 0 Å². The second-order valence-corrected chi connectivity index (χ2v) is 8.36. The minimum atomic E-state index is 0.155. The van der Waals surface area contributed by atoms with Gasteiger partial charge in [0.05, 0.1) is 10.3 Å². The molecule has 2 rings (SSSR count). The Morgan fingerprint density at radius 3 is 2.85 bits per heavy atom. The molecule has 2 atom stereocenters. The van der Waals surface area contributed by atoms with E-state index in [1.165, 1.54) is 24.1 Å². The Hall–Kier alpha value is -0.390. The van der Waals surface area contributed by atoms with E-state index in [1.807, 2.05) is 7.05 Å². The lowest BCUT2D eigenvalue weighted by atomic mass is 9.86. The van der Waals surface area contributed by atoms with Crippen molar-refractivity contribution in [1.82, 2.24) is 10.2 Å². The number of nitrogens with one attached hydrogen (secondary N) is 1. The number of likely N-dealkylation sites (N-methyl/N-ethyl adjacent to an activating group) is 1. The SMILES string of the molecule is C[C@@H]1CCCC[C@H]1NC(=O)CN(C)Cc1ccc(Br)s1. The van der Waals surface area contributed by atoms with Crippen LogP contribution in [0.2, 0.25) is 0 Å². The van der Waals surface area contributed by atoms with Gasteiger partial charge in [0.25, 0.3) is 0 Å². The van der Waals surface area contributed by atoms with Crippen LogP contribution in [0.25, 0.3) is 0 Å². The van der Waals surface area contributed by atoms with E-state index in [0.29, 0.717) is 18.5 Å². The minimum absolute atomic E-state index is 0.155. The van der Waals surface area contributed by atoms with Gasteiger partial charge in [-0.15, -0.1) is 11.3 Å². The molecule has 0 aromatic carbocycles. The van der Waals surface area contributed by atoms with Gasteiger partial charge in [0.1, 0.15) is 0 Å². The summed E-state index contributed by atoms with van der Waals surface area (Å²) in [5.74, 6) is 0.771. The van der Waals surface area contributed by atoms with Gasteiger partial charge in [0.2, 0.25) is 5.91 Å². The van der Waals surface area contributed by atoms with Crippen molar-refractivity contribution in [3.05, 3.63) is 20.8 Å². The summed E-state index contributed by atoms with van der Waals surface area (Å²) in [4.78, 5) is 15.5. The van der Waals surface area contributed by atoms with Crippen LogP contribution in [0.15, 0.2) is 15.9 Å². The van der Waals surface area contributed by atoms with Gasteiger partial charge in [-0.25, -0.2) is 0 Å². The number of hydrogen-bond donors (Lipinski definition) is 1. The number of hydrogen-bond acceptors (Lipinski definition) is 3. The first kappa shape index (κ1) is 16.0. The van der Waals surface area contributed by atoms with Gasteiger partial charge in [0, 0.05) is 17.5 Å². The predicted octanol–water partition coefficient (Wildman–Crippen LogP) is 3.64. The first-order chi connectivity index (χ1) is 9.54. The van der Waals surface area contributed by atoms with Crippen LogP contribution < -0.4 is 5.32 Å². The zero-order valence-electron chi connectivity index (χ0n) is 12.2. The first-order valence-electron chi connectivity index (χ1n) is 7.26. The summed E-state index contributed by atoms with van der Waals surface area (Å²) in [6.07, 6.45) is 4.92. The third-order valence-electron chi connectivity index (χ3n) is 3.93. The number of thiophene rings is 1. The fourth-order valence-electron chi connectivity index (χ4n) is 2.79. The van der Waals surface area contributed by atoms with E-state index in [4.69, 9.17) is 0 Å². The molecule has 1 N–H and O–H groups in total. The largest absolute Gasteiger partial charge is 0.352 e. The molecule has 1 heterocycles. The number of rotatable bonds is 5. The molecule has 0 unspecified atom stereocenters. The van der Waals surface area contributed by atoms with E-state index in [1.54, 1.807) is 11.3 Å². The highest BCUT2D eigenvalue weighted by atomic mass is 79.9. The second-order valence-electron chi connectivity index (χ2n) is 5.81. The van der Waals surface area contributed by atoms with Crippen LogP contribution in [0.1, 0.15) is 37.5 Å². The van der Waals surface area contributed by atoms with E-state index < -0.39 is 0 Å². The van der Waals surface area contributed by atoms with E-state index in [9.17, 15) is 4.79 Å². The topological polar surface area (TPSA) is 32.3 Å². The Morgan fingerprint density at radius 2 is 2.20 bits per heavy atom. The lowest BCUT2D eigenvalue weighted by Crippen LogP contribution is -2.44. The maximum absolute atomic E-state index is 12.1. The molecular formula is C15H23BrN2OS. The molecule has 1 fully saturated rings. The normalized spacial score (nSPS) is 23.0. The number of amides is 1. The van der Waals surface area contributed by atoms with Crippen LogP contribution >= 0.6 is 27.3 Å². The lowest BCUT2D eigenvalue weighted by Gasteiger charge is -2.30. The monoisotopic (exact) mass is 358 g/mol. The van der Waals surface area contributed by atoms with E-state index in [-0.39, 0.29) is 5.91 Å². The van der Waals surface area contributed by atoms with Crippen molar-refractivity contribution in [3.8, 4) is 0 Å². The highest BCUT2D eigenvalue weighted by molar-refractivity contribution is 9.11. The third-order valence-corrected chi connectivity index (χ3v) is 5.53. The molecule has 1 aliphatic rings. The van der Waals surface area contributed by atoms with Crippen molar-refractivity contribution in [2.75, 3.05) is 13.6 Å². The van der Waals surface area contributed by atoms with Gasteiger partial charge >= 0.3 is 0 Å². The Bertz CT molecular complexity index is 449. The molecule has 1 aliphatic carbocycles. The molecule has 0 aliphatic heterocycles. The van der Waals surface area contributed by atoms with Gasteiger partial charge in [-0.2, -0.15) is 0 Å². The molecule has 1 aromatic heterocycles. The molecule has 0 saturated heterocycles. The first-order valence-corrected chi connectivity index (χ1v) is 8.87. The molecule has 20 heavy (non-hydrogen) atoms. The molecular weight excluding hydrogens is 336 g/mol. The average molecular weight is 359 g/mol. The average Bonchev–Trinajstić information content (AvgIpc) is 2.77. The third kappa shape index (κ3) is 4.86. The minimum Gasteiger partial charge on any atom is -0.352 e. The van der Waals surface area contributed by atoms with Crippen molar-refractivity contribution in [2.24, 2.45) is 5.92 Å². The quantitative estimate of drug-likeness (QED) is 0.871. The molecule has 0 spiro atoms. The molecule has 0 bridgehead atoms. The molecule has 1 saturated carbocycles. The summed E-state index contributed by atoms with van der Waals surface area (Å²) in [5.41, 5.74) is 0. The smallest absolute Gasteiger partial charge is 0.234 e. The molecule has 5 heteroatoms. The summed E-state index contributed by atoms with van der Waals surface area (Å²) in [7, 11) is 2.00. The number of halogens is 1. The molecule has 112 valence electrons. The van der Waals surface area contributed by atoms with Gasteiger partial charge in [-0.1, -0.05) is 19.8 Å². The lowest BCUT2D eigenvalue weighted by molar-refractivity contribution is -0.123. The van der Waals surface area contributed by atoms with Gasteiger partial charge in [-0.05, 0) is 53.9 Å². The Morgan fingerprint density at radius 1 is 1.45 bits per heavy atom. The van der Waals surface area contributed by atoms with Crippen molar-refractivity contribution < 1.29 is 4.79 Å². The highest BCUT2D eigenvalue weighted by Gasteiger charge is 2.23. The maximum atomic E-state index is 12.1. The standard InChI is InChI=1S/C15H23BrN2OS/c1-11-5-3-4-6-13(11)17-15(19)10-18(2)9-12-7-8-14(16)20-12/h7-8,11,13H,3-6,9-10H2,1-2H3,(H,17,19)/t11-,13-/m1/s1. The molecule has 1 aromatic rings. The van der Waals surface area contributed by atoms with Crippen LogP contribution in [0.4, 0.5) is 0 Å². The van der Waals surface area contributed by atoms with Gasteiger partial charge in [0.15, 0.2) is 0 Å². The molecule has 3 nitrogen and oxygen atoms in total. The summed E-state index contributed by atoms with van der Waals surface area (Å²) in [6, 6.07) is 4.53. The summed E-state index contributed by atoms with van der Waals surface area (Å²) in [5, 5.41) is 3.20. The number of carbonyl (C=O) groups is 1. The van der Waals surface area contributed by atoms with Gasteiger partial charge in [-0.3, -0.25) is 9.69 Å². The number of carbonyl (C=O) groups excluding carboxylic acids is 1. The predicted molar refractivity (Wildman–Crippen MR) is 87.9 cm³/mol. The van der Waals surface area contributed by atoms with Crippen LogP contribution in [0, 0.1) is 5.92 Å².